The molecular weight excluding hydrogens is 280 g/mol. The summed E-state index contributed by atoms with van der Waals surface area (Å²) in [7, 11) is 0. The highest BCUT2D eigenvalue weighted by atomic mass is 16.4. The zero-order chi connectivity index (χ0) is 16.3. The molecule has 1 aliphatic heterocycles. The largest absolute Gasteiger partial charge is 0.465 e. The van der Waals surface area contributed by atoms with Crippen LogP contribution >= 0.6 is 0 Å². The van der Waals surface area contributed by atoms with Gasteiger partial charge in [0.1, 0.15) is 0 Å². The highest BCUT2D eigenvalue weighted by Gasteiger charge is 2.27. The Bertz CT molecular complexity index is 512. The van der Waals surface area contributed by atoms with Crippen LogP contribution in [-0.4, -0.2) is 53.1 Å². The van der Waals surface area contributed by atoms with Crippen molar-refractivity contribution in [2.45, 2.75) is 40.0 Å². The Morgan fingerprint density at radius 1 is 1.14 bits per heavy atom. The molecular formula is C17H26N2O3. The number of hydrogen-bond donors (Lipinski definition) is 1. The Morgan fingerprint density at radius 3 is 2.27 bits per heavy atom. The number of amides is 2. The molecule has 0 radical (unpaired) electrons. The molecule has 0 aromatic rings. The molecule has 2 rings (SSSR count). The van der Waals surface area contributed by atoms with Gasteiger partial charge in [0.05, 0.1) is 0 Å². The maximum absolute atomic E-state index is 12.3. The van der Waals surface area contributed by atoms with Crippen molar-refractivity contribution in [2.75, 3.05) is 26.2 Å². The van der Waals surface area contributed by atoms with Gasteiger partial charge in [-0.25, -0.2) is 4.79 Å². The molecule has 1 fully saturated rings. The summed E-state index contributed by atoms with van der Waals surface area (Å²) in [4.78, 5) is 26.2. The normalized spacial score (nSPS) is 22.3. The second kappa shape index (κ2) is 6.55. The highest BCUT2D eigenvalue weighted by Crippen LogP contribution is 2.40. The molecule has 122 valence electrons. The van der Waals surface area contributed by atoms with Gasteiger partial charge >= 0.3 is 6.09 Å². The first-order valence-electron chi connectivity index (χ1n) is 7.96. The lowest BCUT2D eigenvalue weighted by atomic mass is 9.72. The van der Waals surface area contributed by atoms with Crippen molar-refractivity contribution in [3.63, 3.8) is 0 Å². The van der Waals surface area contributed by atoms with E-state index < -0.39 is 6.09 Å². The molecule has 1 saturated heterocycles. The lowest BCUT2D eigenvalue weighted by Crippen LogP contribution is -2.49. The van der Waals surface area contributed by atoms with E-state index in [4.69, 9.17) is 5.11 Å². The predicted molar refractivity (Wildman–Crippen MR) is 85.6 cm³/mol. The third-order valence-electron chi connectivity index (χ3n) is 4.80. The van der Waals surface area contributed by atoms with E-state index in [-0.39, 0.29) is 11.3 Å². The van der Waals surface area contributed by atoms with Gasteiger partial charge in [0.25, 0.3) is 0 Å². The van der Waals surface area contributed by atoms with Crippen LogP contribution in [0.5, 0.6) is 0 Å². The van der Waals surface area contributed by atoms with Crippen LogP contribution in [0.4, 0.5) is 4.79 Å². The molecule has 0 spiro atoms. The monoisotopic (exact) mass is 306 g/mol. The number of hydrogen-bond acceptors (Lipinski definition) is 2. The van der Waals surface area contributed by atoms with Gasteiger partial charge in [-0.3, -0.25) is 4.79 Å². The molecule has 22 heavy (non-hydrogen) atoms. The summed E-state index contributed by atoms with van der Waals surface area (Å²) >= 11 is 0. The first-order chi connectivity index (χ1) is 10.3. The topological polar surface area (TPSA) is 60.9 Å². The molecule has 0 aromatic carbocycles. The highest BCUT2D eigenvalue weighted by molar-refractivity contribution is 5.88. The minimum Gasteiger partial charge on any atom is -0.465 e. The number of piperazine rings is 1. The number of rotatable bonds is 2. The van der Waals surface area contributed by atoms with Crippen molar-refractivity contribution in [3.05, 3.63) is 23.3 Å². The molecule has 0 saturated carbocycles. The molecule has 0 atom stereocenters. The fraction of sp³-hybridized carbons (Fsp3) is 0.647. The smallest absolute Gasteiger partial charge is 0.407 e. The minimum absolute atomic E-state index is 0.0216. The number of allylic oxidation sites excluding steroid dienone is 3. The van der Waals surface area contributed by atoms with Crippen molar-refractivity contribution in [1.29, 1.82) is 0 Å². The predicted octanol–water partition coefficient (Wildman–Crippen LogP) is 2.89. The Labute approximate surface area is 132 Å². The molecule has 2 aliphatic rings. The number of carbonyl (C=O) groups excluding carboxylic acids is 1. The second-order valence-electron chi connectivity index (χ2n) is 6.86. The van der Waals surface area contributed by atoms with E-state index in [2.05, 4.69) is 20.8 Å². The molecule has 5 heteroatoms. The van der Waals surface area contributed by atoms with Crippen molar-refractivity contribution < 1.29 is 14.7 Å². The maximum atomic E-state index is 12.3. The molecule has 5 nitrogen and oxygen atoms in total. The fourth-order valence-corrected chi connectivity index (χ4v) is 3.39. The number of carboxylic acid groups (broad SMARTS) is 1. The van der Waals surface area contributed by atoms with Crippen LogP contribution in [-0.2, 0) is 4.79 Å². The van der Waals surface area contributed by atoms with E-state index in [1.807, 2.05) is 6.08 Å². The Balaban J connectivity index is 1.99. The Kier molecular flexibility index (Phi) is 4.94. The summed E-state index contributed by atoms with van der Waals surface area (Å²) in [6.07, 6.45) is 6.18. The van der Waals surface area contributed by atoms with Gasteiger partial charge in [-0.1, -0.05) is 25.5 Å². The molecule has 2 amide bonds. The summed E-state index contributed by atoms with van der Waals surface area (Å²) in [6, 6.07) is 0. The third kappa shape index (κ3) is 3.70. The second-order valence-corrected chi connectivity index (χ2v) is 6.86. The van der Waals surface area contributed by atoms with Gasteiger partial charge in [0, 0.05) is 32.3 Å². The summed E-state index contributed by atoms with van der Waals surface area (Å²) in [5, 5.41) is 8.93. The van der Waals surface area contributed by atoms with E-state index >= 15 is 0 Å². The van der Waals surface area contributed by atoms with Gasteiger partial charge in [0.2, 0.25) is 5.91 Å². The molecule has 1 N–H and O–H groups in total. The average molecular weight is 306 g/mol. The SMILES string of the molecule is CC1=C(C=CC(=O)N2CCN(C(=O)O)CC2)C(C)(C)CCC1. The molecule has 1 heterocycles. The molecule has 0 bridgehead atoms. The van der Waals surface area contributed by atoms with Crippen LogP contribution in [0.2, 0.25) is 0 Å². The van der Waals surface area contributed by atoms with Gasteiger partial charge in [-0.15, -0.1) is 0 Å². The van der Waals surface area contributed by atoms with E-state index in [1.54, 1.807) is 11.0 Å². The van der Waals surface area contributed by atoms with Crippen molar-refractivity contribution in [3.8, 4) is 0 Å². The van der Waals surface area contributed by atoms with Crippen molar-refractivity contribution in [1.82, 2.24) is 9.80 Å². The molecule has 1 aliphatic carbocycles. The maximum Gasteiger partial charge on any atom is 0.407 e. The standard InChI is InChI=1S/C17H26N2O3/c1-13-5-4-8-17(2,3)14(13)6-7-15(20)18-9-11-19(12-10-18)16(21)22/h6-7H,4-5,8-12H2,1-3H3,(H,21,22). The van der Waals surface area contributed by atoms with E-state index in [9.17, 15) is 9.59 Å². The average Bonchev–Trinajstić information content (AvgIpc) is 2.46. The quantitative estimate of drug-likeness (QED) is 0.798. The Hall–Kier alpha value is -1.78. The van der Waals surface area contributed by atoms with Gasteiger partial charge in [-0.2, -0.15) is 0 Å². The summed E-state index contributed by atoms with van der Waals surface area (Å²) in [6.45, 7) is 8.33. The van der Waals surface area contributed by atoms with E-state index in [0.29, 0.717) is 26.2 Å². The Morgan fingerprint density at radius 2 is 1.73 bits per heavy atom. The van der Waals surface area contributed by atoms with Crippen LogP contribution < -0.4 is 0 Å². The summed E-state index contributed by atoms with van der Waals surface area (Å²) < 4.78 is 0. The van der Waals surface area contributed by atoms with E-state index in [1.165, 1.54) is 22.5 Å². The van der Waals surface area contributed by atoms with Gasteiger partial charge < -0.3 is 14.9 Å². The molecule has 0 aromatic heterocycles. The van der Waals surface area contributed by atoms with Crippen molar-refractivity contribution in [2.24, 2.45) is 5.41 Å². The van der Waals surface area contributed by atoms with E-state index in [0.717, 1.165) is 12.8 Å². The number of nitrogens with zero attached hydrogens (tertiary/aromatic N) is 2. The summed E-state index contributed by atoms with van der Waals surface area (Å²) in [5.74, 6) is -0.0216. The first-order valence-corrected chi connectivity index (χ1v) is 7.96. The van der Waals surface area contributed by atoms with Gasteiger partial charge in [-0.05, 0) is 37.2 Å². The van der Waals surface area contributed by atoms with Crippen LogP contribution in [0.3, 0.4) is 0 Å². The van der Waals surface area contributed by atoms with Crippen LogP contribution in [0, 0.1) is 5.41 Å². The molecule has 0 unspecified atom stereocenters. The summed E-state index contributed by atoms with van der Waals surface area (Å²) in [5.41, 5.74) is 2.77. The fourth-order valence-electron chi connectivity index (χ4n) is 3.39. The third-order valence-corrected chi connectivity index (χ3v) is 4.80. The van der Waals surface area contributed by atoms with Crippen LogP contribution in [0.15, 0.2) is 23.3 Å². The van der Waals surface area contributed by atoms with Gasteiger partial charge in [0.15, 0.2) is 0 Å². The minimum atomic E-state index is -0.910. The zero-order valence-corrected chi connectivity index (χ0v) is 13.8. The zero-order valence-electron chi connectivity index (χ0n) is 13.8. The van der Waals surface area contributed by atoms with Crippen LogP contribution in [0.25, 0.3) is 0 Å². The number of carbonyl (C=O) groups is 2. The van der Waals surface area contributed by atoms with Crippen LogP contribution in [0.1, 0.15) is 40.0 Å². The first kappa shape index (κ1) is 16.6. The van der Waals surface area contributed by atoms with Crippen molar-refractivity contribution >= 4 is 12.0 Å². The lowest BCUT2D eigenvalue weighted by Gasteiger charge is -2.34. The lowest BCUT2D eigenvalue weighted by molar-refractivity contribution is -0.127.